The van der Waals surface area contributed by atoms with Crippen LogP contribution in [-0.2, 0) is 0 Å². The van der Waals surface area contributed by atoms with E-state index in [-0.39, 0.29) is 103 Å². The summed E-state index contributed by atoms with van der Waals surface area (Å²) in [4.78, 5) is 0. The molecule has 0 nitrogen and oxygen atoms in total. The van der Waals surface area contributed by atoms with Crippen LogP contribution < -0.4 is 103 Å². The predicted octanol–water partition coefficient (Wildman–Crippen LogP) is -4.37. The molecule has 0 aromatic heterocycles. The van der Waals surface area contributed by atoms with E-state index in [2.05, 4.69) is 20.3 Å². The van der Waals surface area contributed by atoms with Crippen LogP contribution in [0.2, 0.25) is 0 Å². The first-order valence-corrected chi connectivity index (χ1v) is 1.69. The van der Waals surface area contributed by atoms with E-state index in [0.717, 1.165) is 0 Å². The first-order valence-electron chi connectivity index (χ1n) is 1.69. The quantitative estimate of drug-likeness (QED) is 0.252. The van der Waals surface area contributed by atoms with Gasteiger partial charge in [0.05, 0.1) is 0 Å². The summed E-state index contributed by atoms with van der Waals surface area (Å²) in [5.74, 6) is 0. The third-order valence-electron chi connectivity index (χ3n) is 0.408. The van der Waals surface area contributed by atoms with Crippen molar-refractivity contribution in [1.82, 2.24) is 0 Å². The molecule has 0 fully saturated rings. The van der Waals surface area contributed by atoms with Gasteiger partial charge in [-0.1, -0.05) is 6.92 Å². The zero-order valence-corrected chi connectivity index (χ0v) is 11.5. The standard InChI is InChI=1S/C4H9.2K/c1-3-4-2;;/h3H,4H2,1-2H3;;/q-1;2*+1. The molecule has 0 heterocycles. The van der Waals surface area contributed by atoms with Crippen LogP contribution in [0, 0.1) is 6.42 Å². The number of unbranched alkanes of at least 4 members (excludes halogenated alkanes) is 1. The minimum Gasteiger partial charge on any atom is -0.332 e. The van der Waals surface area contributed by atoms with Gasteiger partial charge in [-0.15, -0.1) is 0 Å². The van der Waals surface area contributed by atoms with Gasteiger partial charge < -0.3 is 6.42 Å². The first kappa shape index (κ1) is 16.1. The SMILES string of the molecule is C[CH-]CC.[K+].[K+]. The Bertz CT molecular complexity index is 7.51. The minimum absolute atomic E-state index is 0. The van der Waals surface area contributed by atoms with Crippen molar-refractivity contribution >= 4 is 0 Å². The van der Waals surface area contributed by atoms with Crippen molar-refractivity contribution in [2.24, 2.45) is 0 Å². The fourth-order valence-corrected chi connectivity index (χ4v) is 0. The average molecular weight is 135 g/mol. The summed E-state index contributed by atoms with van der Waals surface area (Å²) in [6.45, 7) is 4.18. The molecule has 0 aliphatic carbocycles. The van der Waals surface area contributed by atoms with Crippen molar-refractivity contribution in [2.75, 3.05) is 0 Å². The van der Waals surface area contributed by atoms with Gasteiger partial charge in [-0.05, 0) is 0 Å². The van der Waals surface area contributed by atoms with E-state index in [1.807, 2.05) is 0 Å². The van der Waals surface area contributed by atoms with Crippen molar-refractivity contribution < 1.29 is 103 Å². The van der Waals surface area contributed by atoms with Crippen LogP contribution in [0.4, 0.5) is 0 Å². The van der Waals surface area contributed by atoms with Crippen molar-refractivity contribution in [1.29, 1.82) is 0 Å². The molecule has 0 N–H and O–H groups in total. The molecule has 0 unspecified atom stereocenters. The summed E-state index contributed by atoms with van der Waals surface area (Å²) >= 11 is 0. The summed E-state index contributed by atoms with van der Waals surface area (Å²) in [6, 6.07) is 0. The zero-order chi connectivity index (χ0) is 3.41. The van der Waals surface area contributed by atoms with Gasteiger partial charge in [0.1, 0.15) is 0 Å². The van der Waals surface area contributed by atoms with Gasteiger partial charge in [0.2, 0.25) is 0 Å². The largest absolute Gasteiger partial charge is 1.00 e. The molecule has 0 aromatic carbocycles. The minimum atomic E-state index is 0. The number of rotatable bonds is 1. The second-order valence-corrected chi connectivity index (χ2v) is 0.816. The van der Waals surface area contributed by atoms with E-state index < -0.39 is 0 Å². The molecule has 0 atom stereocenters. The van der Waals surface area contributed by atoms with Gasteiger partial charge in [0.25, 0.3) is 0 Å². The Morgan fingerprint density at radius 3 is 1.50 bits per heavy atom. The molecule has 0 rings (SSSR count). The van der Waals surface area contributed by atoms with Crippen LogP contribution in [-0.4, -0.2) is 0 Å². The summed E-state index contributed by atoms with van der Waals surface area (Å²) < 4.78 is 0. The summed E-state index contributed by atoms with van der Waals surface area (Å²) in [7, 11) is 0. The van der Waals surface area contributed by atoms with Gasteiger partial charge in [-0.2, -0.15) is 13.3 Å². The smallest absolute Gasteiger partial charge is 0.332 e. The maximum atomic E-state index is 2.12. The number of hydrogen-bond acceptors (Lipinski definition) is 0. The molecule has 0 saturated heterocycles. The summed E-state index contributed by atoms with van der Waals surface area (Å²) in [5.41, 5.74) is 0. The van der Waals surface area contributed by atoms with Gasteiger partial charge in [0.15, 0.2) is 0 Å². The Balaban J connectivity index is -0.0000000450. The Morgan fingerprint density at radius 1 is 1.33 bits per heavy atom. The van der Waals surface area contributed by atoms with E-state index in [9.17, 15) is 0 Å². The molecule has 6 heavy (non-hydrogen) atoms. The van der Waals surface area contributed by atoms with Gasteiger partial charge in [0, 0.05) is 0 Å². The normalized spacial score (nSPS) is 5.00. The second kappa shape index (κ2) is 15.7. The molecule has 0 bridgehead atoms. The monoisotopic (exact) mass is 135 g/mol. The predicted molar refractivity (Wildman–Crippen MR) is 20.3 cm³/mol. The van der Waals surface area contributed by atoms with Crippen LogP contribution in [0.1, 0.15) is 20.3 Å². The third kappa shape index (κ3) is 15.7. The fraction of sp³-hybridized carbons (Fsp3) is 0.750. The topological polar surface area (TPSA) is 0 Å². The summed E-state index contributed by atoms with van der Waals surface area (Å²) in [6.07, 6.45) is 3.32. The zero-order valence-electron chi connectivity index (χ0n) is 5.28. The van der Waals surface area contributed by atoms with E-state index in [0.29, 0.717) is 0 Å². The van der Waals surface area contributed by atoms with E-state index in [4.69, 9.17) is 0 Å². The molecule has 0 spiro atoms. The molecule has 26 valence electrons. The van der Waals surface area contributed by atoms with Gasteiger partial charge >= 0.3 is 103 Å². The van der Waals surface area contributed by atoms with Crippen molar-refractivity contribution in [3.63, 3.8) is 0 Å². The van der Waals surface area contributed by atoms with Crippen LogP contribution in [0.3, 0.4) is 0 Å². The first-order chi connectivity index (χ1) is 1.91. The number of hydrogen-bond donors (Lipinski definition) is 0. The maximum absolute atomic E-state index is 2.12. The van der Waals surface area contributed by atoms with Crippen molar-refractivity contribution in [3.8, 4) is 0 Å². The Hall–Kier alpha value is 3.27. The molecular weight excluding hydrogens is 126 g/mol. The molecule has 0 radical (unpaired) electrons. The van der Waals surface area contributed by atoms with Crippen LogP contribution in [0.25, 0.3) is 0 Å². The Morgan fingerprint density at radius 2 is 1.50 bits per heavy atom. The molecule has 0 aliphatic rings. The molecule has 0 saturated carbocycles. The molecule has 0 aromatic rings. The second-order valence-electron chi connectivity index (χ2n) is 0.816. The molecule has 0 amide bonds. The van der Waals surface area contributed by atoms with E-state index in [1.54, 1.807) is 0 Å². The molecule has 2 heteroatoms. The van der Waals surface area contributed by atoms with Crippen LogP contribution >= 0.6 is 0 Å². The van der Waals surface area contributed by atoms with Crippen molar-refractivity contribution in [2.45, 2.75) is 20.3 Å². The van der Waals surface area contributed by atoms with Crippen LogP contribution in [0.15, 0.2) is 0 Å². The van der Waals surface area contributed by atoms with Gasteiger partial charge in [-0.3, -0.25) is 0 Å². The molecular formula is C4H9K2+. The third-order valence-corrected chi connectivity index (χ3v) is 0.408. The average Bonchev–Trinajstić information content (AvgIpc) is 1.37. The van der Waals surface area contributed by atoms with Gasteiger partial charge in [-0.25, -0.2) is 0 Å². The fourth-order valence-electron chi connectivity index (χ4n) is 0. The maximum Gasteiger partial charge on any atom is 1.00 e. The van der Waals surface area contributed by atoms with E-state index >= 15 is 0 Å². The van der Waals surface area contributed by atoms with E-state index in [1.165, 1.54) is 6.42 Å². The Kier molecular flexibility index (Phi) is 42.3. The van der Waals surface area contributed by atoms with Crippen molar-refractivity contribution in [3.05, 3.63) is 6.42 Å². The summed E-state index contributed by atoms with van der Waals surface area (Å²) in [5, 5.41) is 0. The Labute approximate surface area is 126 Å². The molecule has 0 aliphatic heterocycles. The van der Waals surface area contributed by atoms with Crippen LogP contribution in [0.5, 0.6) is 0 Å².